The third-order valence-corrected chi connectivity index (χ3v) is 3.35. The zero-order chi connectivity index (χ0) is 16.3. The number of carboxylic acids is 1. The predicted molar refractivity (Wildman–Crippen MR) is 74.7 cm³/mol. The second-order valence-electron chi connectivity index (χ2n) is 4.85. The minimum Gasteiger partial charge on any atom is -0.478 e. The molecule has 1 saturated heterocycles. The summed E-state index contributed by atoms with van der Waals surface area (Å²) >= 11 is 0. The molecule has 1 aromatic rings. The molecular weight excluding hydrogens is 292 g/mol. The molecule has 1 N–H and O–H groups in total. The number of carbonyl (C=O) groups is 3. The van der Waals surface area contributed by atoms with Crippen molar-refractivity contribution in [3.63, 3.8) is 0 Å². The maximum Gasteiger partial charge on any atom is 0.409 e. The van der Waals surface area contributed by atoms with Gasteiger partial charge in [-0.15, -0.1) is 0 Å². The van der Waals surface area contributed by atoms with Crippen molar-refractivity contribution in [2.45, 2.75) is 6.92 Å². The predicted octanol–water partition coefficient (Wildman–Crippen LogP) is 0.0326. The van der Waals surface area contributed by atoms with Crippen LogP contribution in [-0.4, -0.2) is 75.4 Å². The maximum absolute atomic E-state index is 12.4. The van der Waals surface area contributed by atoms with Crippen LogP contribution in [0.5, 0.6) is 0 Å². The molecule has 9 heteroatoms. The van der Waals surface area contributed by atoms with Crippen LogP contribution in [0.15, 0.2) is 6.20 Å². The van der Waals surface area contributed by atoms with Gasteiger partial charge in [0.2, 0.25) is 0 Å². The summed E-state index contributed by atoms with van der Waals surface area (Å²) in [4.78, 5) is 38.1. The number of carboxylic acid groups (broad SMARTS) is 1. The Kier molecular flexibility index (Phi) is 4.64. The molecule has 1 aliphatic heterocycles. The first-order valence-electron chi connectivity index (χ1n) is 6.92. The lowest BCUT2D eigenvalue weighted by atomic mass is 10.2. The van der Waals surface area contributed by atoms with Crippen molar-refractivity contribution < 1.29 is 24.2 Å². The van der Waals surface area contributed by atoms with Crippen LogP contribution >= 0.6 is 0 Å². The SMILES string of the molecule is CCOC(=O)N1CCN(C(=O)c2nn(C)cc2C(=O)O)CC1. The van der Waals surface area contributed by atoms with Crippen LogP contribution in [0.1, 0.15) is 27.8 Å². The molecule has 1 fully saturated rings. The van der Waals surface area contributed by atoms with Crippen LogP contribution in [0.25, 0.3) is 0 Å². The zero-order valence-electron chi connectivity index (χ0n) is 12.5. The molecule has 1 aliphatic rings. The monoisotopic (exact) mass is 310 g/mol. The molecule has 0 radical (unpaired) electrons. The number of amides is 2. The van der Waals surface area contributed by atoms with Crippen LogP contribution in [0.4, 0.5) is 4.79 Å². The van der Waals surface area contributed by atoms with Gasteiger partial charge in [0, 0.05) is 39.4 Å². The molecular formula is C13H18N4O5. The first-order valence-corrected chi connectivity index (χ1v) is 6.92. The Hall–Kier alpha value is -2.58. The van der Waals surface area contributed by atoms with Crippen molar-refractivity contribution in [3.8, 4) is 0 Å². The Labute approximate surface area is 127 Å². The highest BCUT2D eigenvalue weighted by Crippen LogP contribution is 2.12. The Morgan fingerprint density at radius 3 is 2.36 bits per heavy atom. The fourth-order valence-corrected chi connectivity index (χ4v) is 2.26. The first-order chi connectivity index (χ1) is 10.4. The number of aromatic nitrogens is 2. The van der Waals surface area contributed by atoms with E-state index in [-0.39, 0.29) is 11.3 Å². The average molecular weight is 310 g/mol. The van der Waals surface area contributed by atoms with Crippen LogP contribution in [0.2, 0.25) is 0 Å². The lowest BCUT2D eigenvalue weighted by Gasteiger charge is -2.33. The minimum atomic E-state index is -1.19. The summed E-state index contributed by atoms with van der Waals surface area (Å²) in [5, 5.41) is 13.0. The molecule has 1 aromatic heterocycles. The van der Waals surface area contributed by atoms with E-state index >= 15 is 0 Å². The maximum atomic E-state index is 12.4. The van der Waals surface area contributed by atoms with Gasteiger partial charge < -0.3 is 19.6 Å². The van der Waals surface area contributed by atoms with Gasteiger partial charge in [0.05, 0.1) is 6.61 Å². The summed E-state index contributed by atoms with van der Waals surface area (Å²) in [7, 11) is 1.56. The van der Waals surface area contributed by atoms with Crippen LogP contribution in [0, 0.1) is 0 Å². The molecule has 2 amide bonds. The third-order valence-electron chi connectivity index (χ3n) is 3.35. The number of piperazine rings is 1. The Morgan fingerprint density at radius 1 is 1.23 bits per heavy atom. The van der Waals surface area contributed by atoms with Crippen LogP contribution in [0.3, 0.4) is 0 Å². The summed E-state index contributed by atoms with van der Waals surface area (Å²) < 4.78 is 6.20. The molecule has 0 spiro atoms. The molecule has 0 saturated carbocycles. The molecule has 0 unspecified atom stereocenters. The molecule has 0 atom stereocenters. The van der Waals surface area contributed by atoms with Gasteiger partial charge in [-0.3, -0.25) is 9.48 Å². The molecule has 9 nitrogen and oxygen atoms in total. The number of hydrogen-bond donors (Lipinski definition) is 1. The van der Waals surface area contributed by atoms with Gasteiger partial charge in [-0.05, 0) is 6.92 Å². The topological polar surface area (TPSA) is 105 Å². The van der Waals surface area contributed by atoms with E-state index in [1.54, 1.807) is 14.0 Å². The summed E-state index contributed by atoms with van der Waals surface area (Å²) in [6.45, 7) is 3.35. The van der Waals surface area contributed by atoms with Crippen molar-refractivity contribution in [1.29, 1.82) is 0 Å². The minimum absolute atomic E-state index is 0.0837. The first kappa shape index (κ1) is 15.8. The van der Waals surface area contributed by atoms with Gasteiger partial charge >= 0.3 is 12.1 Å². The molecule has 0 aliphatic carbocycles. The molecule has 2 rings (SSSR count). The zero-order valence-corrected chi connectivity index (χ0v) is 12.5. The Morgan fingerprint density at radius 2 is 1.82 bits per heavy atom. The van der Waals surface area contributed by atoms with E-state index in [9.17, 15) is 14.4 Å². The van der Waals surface area contributed by atoms with E-state index < -0.39 is 18.0 Å². The number of ether oxygens (including phenoxy) is 1. The molecule has 120 valence electrons. The largest absolute Gasteiger partial charge is 0.478 e. The second-order valence-corrected chi connectivity index (χ2v) is 4.85. The van der Waals surface area contributed by atoms with Gasteiger partial charge in [-0.1, -0.05) is 0 Å². The quantitative estimate of drug-likeness (QED) is 0.844. The van der Waals surface area contributed by atoms with E-state index in [1.165, 1.54) is 20.7 Å². The number of carbonyl (C=O) groups excluding carboxylic acids is 2. The smallest absolute Gasteiger partial charge is 0.409 e. The standard InChI is InChI=1S/C13H18N4O5/c1-3-22-13(21)17-6-4-16(5-7-17)11(18)10-9(12(19)20)8-15(2)14-10/h8H,3-7H2,1-2H3,(H,19,20). The van der Waals surface area contributed by atoms with Gasteiger partial charge in [0.15, 0.2) is 5.69 Å². The van der Waals surface area contributed by atoms with E-state index in [0.717, 1.165) is 0 Å². The van der Waals surface area contributed by atoms with E-state index in [1.807, 2.05) is 0 Å². The van der Waals surface area contributed by atoms with Crippen molar-refractivity contribution in [2.75, 3.05) is 32.8 Å². The third kappa shape index (κ3) is 3.18. The molecule has 2 heterocycles. The summed E-state index contributed by atoms with van der Waals surface area (Å²) in [6.07, 6.45) is 0.892. The number of aryl methyl sites for hydroxylation is 1. The molecule has 0 bridgehead atoms. The van der Waals surface area contributed by atoms with Crippen LogP contribution in [-0.2, 0) is 11.8 Å². The van der Waals surface area contributed by atoms with Crippen molar-refractivity contribution in [3.05, 3.63) is 17.5 Å². The fraction of sp³-hybridized carbons (Fsp3) is 0.538. The van der Waals surface area contributed by atoms with Crippen molar-refractivity contribution in [2.24, 2.45) is 7.05 Å². The number of hydrogen-bond acceptors (Lipinski definition) is 5. The highest BCUT2D eigenvalue weighted by atomic mass is 16.6. The van der Waals surface area contributed by atoms with E-state index in [0.29, 0.717) is 32.8 Å². The van der Waals surface area contributed by atoms with Gasteiger partial charge in [-0.25, -0.2) is 9.59 Å². The summed E-state index contributed by atoms with van der Waals surface area (Å²) in [6, 6.07) is 0. The lowest BCUT2D eigenvalue weighted by molar-refractivity contribution is 0.0558. The lowest BCUT2D eigenvalue weighted by Crippen LogP contribution is -2.51. The van der Waals surface area contributed by atoms with E-state index in [2.05, 4.69) is 5.10 Å². The normalized spacial score (nSPS) is 14.8. The van der Waals surface area contributed by atoms with Crippen LogP contribution < -0.4 is 0 Å². The van der Waals surface area contributed by atoms with E-state index in [4.69, 9.17) is 9.84 Å². The average Bonchev–Trinajstić information content (AvgIpc) is 2.89. The number of rotatable bonds is 3. The summed E-state index contributed by atoms with van der Waals surface area (Å²) in [5.41, 5.74) is -0.208. The number of aromatic carboxylic acids is 1. The summed E-state index contributed by atoms with van der Waals surface area (Å²) in [5.74, 6) is -1.64. The number of nitrogens with zero attached hydrogens (tertiary/aromatic N) is 4. The Bertz CT molecular complexity index is 589. The molecule has 22 heavy (non-hydrogen) atoms. The van der Waals surface area contributed by atoms with Gasteiger partial charge in [0.25, 0.3) is 5.91 Å². The van der Waals surface area contributed by atoms with Gasteiger partial charge in [0.1, 0.15) is 5.56 Å². The second kappa shape index (κ2) is 6.46. The van der Waals surface area contributed by atoms with Gasteiger partial charge in [-0.2, -0.15) is 5.10 Å². The highest BCUT2D eigenvalue weighted by Gasteiger charge is 2.29. The van der Waals surface area contributed by atoms with Crippen molar-refractivity contribution in [1.82, 2.24) is 19.6 Å². The Balaban J connectivity index is 2.04. The molecule has 0 aromatic carbocycles. The highest BCUT2D eigenvalue weighted by molar-refractivity contribution is 6.03. The van der Waals surface area contributed by atoms with Crippen molar-refractivity contribution >= 4 is 18.0 Å². The fourth-order valence-electron chi connectivity index (χ4n) is 2.26.